The third kappa shape index (κ3) is 2.95. The Morgan fingerprint density at radius 2 is 2.31 bits per heavy atom. The molecule has 3 nitrogen and oxygen atoms in total. The number of carbonyl (C=O) groups is 1. The van der Waals surface area contributed by atoms with Crippen LogP contribution < -0.4 is 0 Å². The summed E-state index contributed by atoms with van der Waals surface area (Å²) in [6.07, 6.45) is 6.29. The third-order valence-electron chi connectivity index (χ3n) is 2.95. The molecule has 2 rings (SSSR count). The summed E-state index contributed by atoms with van der Waals surface area (Å²) in [5.74, 6) is 0.444. The van der Waals surface area contributed by atoms with Gasteiger partial charge in [-0.05, 0) is 24.5 Å². The molecule has 4 heteroatoms. The fourth-order valence-corrected chi connectivity index (χ4v) is 1.79. The molecule has 1 aromatic rings. The predicted molar refractivity (Wildman–Crippen MR) is 61.5 cm³/mol. The summed E-state index contributed by atoms with van der Waals surface area (Å²) in [7, 11) is 0. The summed E-state index contributed by atoms with van der Waals surface area (Å²) in [5.41, 5.74) is 0.456. The van der Waals surface area contributed by atoms with E-state index in [9.17, 15) is 4.79 Å². The first-order valence-electron chi connectivity index (χ1n) is 5.54. The lowest BCUT2D eigenvalue weighted by Gasteiger charge is -2.24. The van der Waals surface area contributed by atoms with Crippen LogP contribution in [0.15, 0.2) is 18.3 Å². The van der Waals surface area contributed by atoms with Crippen LogP contribution in [-0.4, -0.2) is 17.6 Å². The standard InChI is InChI=1S/C12H14ClNO2/c13-11-5-4-10(8-14-11)12(15)16-7-6-9-2-1-3-9/h4-5,8-9H,1-3,6-7H2. The van der Waals surface area contributed by atoms with E-state index in [1.54, 1.807) is 12.1 Å². The molecule has 0 bridgehead atoms. The number of aromatic nitrogens is 1. The molecule has 1 aliphatic rings. The maximum Gasteiger partial charge on any atom is 0.339 e. The van der Waals surface area contributed by atoms with E-state index in [0.717, 1.165) is 12.3 Å². The van der Waals surface area contributed by atoms with Crippen LogP contribution in [0.3, 0.4) is 0 Å². The Bertz CT molecular complexity index is 360. The van der Waals surface area contributed by atoms with Crippen LogP contribution in [-0.2, 0) is 4.74 Å². The largest absolute Gasteiger partial charge is 0.462 e. The van der Waals surface area contributed by atoms with Crippen LogP contribution in [0.4, 0.5) is 0 Å². The Labute approximate surface area is 99.8 Å². The van der Waals surface area contributed by atoms with Gasteiger partial charge in [0.05, 0.1) is 12.2 Å². The first-order valence-corrected chi connectivity index (χ1v) is 5.92. The van der Waals surface area contributed by atoms with E-state index in [1.165, 1.54) is 25.5 Å². The molecule has 1 fully saturated rings. The minimum absolute atomic E-state index is 0.316. The zero-order valence-corrected chi connectivity index (χ0v) is 9.74. The van der Waals surface area contributed by atoms with Crippen molar-refractivity contribution in [2.75, 3.05) is 6.61 Å². The summed E-state index contributed by atoms with van der Waals surface area (Å²) in [6, 6.07) is 3.21. The molecule has 0 aromatic carbocycles. The molecular weight excluding hydrogens is 226 g/mol. The van der Waals surface area contributed by atoms with Crippen LogP contribution in [0.5, 0.6) is 0 Å². The number of esters is 1. The number of hydrogen-bond acceptors (Lipinski definition) is 3. The lowest BCUT2D eigenvalue weighted by atomic mass is 9.83. The highest BCUT2D eigenvalue weighted by Crippen LogP contribution is 2.29. The molecule has 0 saturated heterocycles. The maximum atomic E-state index is 11.5. The van der Waals surface area contributed by atoms with Crippen molar-refractivity contribution < 1.29 is 9.53 Å². The molecule has 0 unspecified atom stereocenters. The first kappa shape index (κ1) is 11.4. The maximum absolute atomic E-state index is 11.5. The molecule has 16 heavy (non-hydrogen) atoms. The highest BCUT2D eigenvalue weighted by atomic mass is 35.5. The van der Waals surface area contributed by atoms with Gasteiger partial charge in [-0.25, -0.2) is 9.78 Å². The lowest BCUT2D eigenvalue weighted by molar-refractivity contribution is 0.0464. The van der Waals surface area contributed by atoms with Crippen molar-refractivity contribution in [3.63, 3.8) is 0 Å². The molecule has 0 spiro atoms. The minimum Gasteiger partial charge on any atom is -0.462 e. The zero-order valence-electron chi connectivity index (χ0n) is 8.99. The smallest absolute Gasteiger partial charge is 0.339 e. The topological polar surface area (TPSA) is 39.2 Å². The van der Waals surface area contributed by atoms with Crippen LogP contribution in [0.2, 0.25) is 5.15 Å². The van der Waals surface area contributed by atoms with Crippen LogP contribution >= 0.6 is 11.6 Å². The van der Waals surface area contributed by atoms with Crippen molar-refractivity contribution in [2.45, 2.75) is 25.7 Å². The average molecular weight is 240 g/mol. The normalized spacial score (nSPS) is 15.6. The highest BCUT2D eigenvalue weighted by Gasteiger charge is 2.17. The van der Waals surface area contributed by atoms with Crippen molar-refractivity contribution in [3.05, 3.63) is 29.0 Å². The number of nitrogens with zero attached hydrogens (tertiary/aromatic N) is 1. The van der Waals surface area contributed by atoms with Crippen molar-refractivity contribution >= 4 is 17.6 Å². The summed E-state index contributed by atoms with van der Waals surface area (Å²) >= 11 is 5.63. The Balaban J connectivity index is 1.76. The second kappa shape index (κ2) is 5.30. The van der Waals surface area contributed by atoms with Gasteiger partial charge in [0.25, 0.3) is 0 Å². The Kier molecular flexibility index (Phi) is 3.78. The van der Waals surface area contributed by atoms with Gasteiger partial charge >= 0.3 is 5.97 Å². The van der Waals surface area contributed by atoms with Gasteiger partial charge in [-0.3, -0.25) is 0 Å². The van der Waals surface area contributed by atoms with Gasteiger partial charge in [-0.2, -0.15) is 0 Å². The second-order valence-corrected chi connectivity index (χ2v) is 4.48. The van der Waals surface area contributed by atoms with E-state index in [4.69, 9.17) is 16.3 Å². The summed E-state index contributed by atoms with van der Waals surface area (Å²) in [6.45, 7) is 0.506. The van der Waals surface area contributed by atoms with Crippen molar-refractivity contribution in [2.24, 2.45) is 5.92 Å². The number of ether oxygens (including phenoxy) is 1. The number of hydrogen-bond donors (Lipinski definition) is 0. The van der Waals surface area contributed by atoms with E-state index < -0.39 is 0 Å². The fourth-order valence-electron chi connectivity index (χ4n) is 1.68. The van der Waals surface area contributed by atoms with E-state index in [2.05, 4.69) is 4.98 Å². The first-order chi connectivity index (χ1) is 7.75. The van der Waals surface area contributed by atoms with Crippen LogP contribution in [0.1, 0.15) is 36.0 Å². The van der Waals surface area contributed by atoms with Gasteiger partial charge in [-0.15, -0.1) is 0 Å². The molecule has 0 N–H and O–H groups in total. The van der Waals surface area contributed by atoms with E-state index in [1.807, 2.05) is 0 Å². The quantitative estimate of drug-likeness (QED) is 0.599. The zero-order chi connectivity index (χ0) is 11.4. The number of rotatable bonds is 4. The van der Waals surface area contributed by atoms with E-state index in [-0.39, 0.29) is 5.97 Å². The molecule has 1 aromatic heterocycles. The van der Waals surface area contributed by atoms with Gasteiger partial charge in [0.1, 0.15) is 5.15 Å². The molecule has 1 saturated carbocycles. The summed E-state index contributed by atoms with van der Waals surface area (Å²) in [5, 5.41) is 0.381. The Hall–Kier alpha value is -1.09. The molecule has 86 valence electrons. The van der Waals surface area contributed by atoms with Crippen LogP contribution in [0, 0.1) is 5.92 Å². The number of carbonyl (C=O) groups excluding carboxylic acids is 1. The minimum atomic E-state index is -0.316. The Morgan fingerprint density at radius 1 is 1.50 bits per heavy atom. The van der Waals surface area contributed by atoms with Crippen molar-refractivity contribution in [1.82, 2.24) is 4.98 Å². The summed E-state index contributed by atoms with van der Waals surface area (Å²) in [4.78, 5) is 15.4. The monoisotopic (exact) mass is 239 g/mol. The average Bonchev–Trinajstić information content (AvgIpc) is 2.22. The molecule has 0 aliphatic heterocycles. The fraction of sp³-hybridized carbons (Fsp3) is 0.500. The molecule has 1 heterocycles. The second-order valence-electron chi connectivity index (χ2n) is 4.09. The van der Waals surface area contributed by atoms with Crippen LogP contribution in [0.25, 0.3) is 0 Å². The van der Waals surface area contributed by atoms with Gasteiger partial charge in [0, 0.05) is 6.20 Å². The molecule has 0 radical (unpaired) electrons. The molecule has 0 amide bonds. The SMILES string of the molecule is O=C(OCCC1CCC1)c1ccc(Cl)nc1. The predicted octanol–water partition coefficient (Wildman–Crippen LogP) is 3.08. The molecular formula is C12H14ClNO2. The number of halogens is 1. The van der Waals surface area contributed by atoms with Gasteiger partial charge in [0.2, 0.25) is 0 Å². The van der Waals surface area contributed by atoms with Gasteiger partial charge in [0.15, 0.2) is 0 Å². The third-order valence-corrected chi connectivity index (χ3v) is 3.17. The molecule has 0 atom stereocenters. The van der Waals surface area contributed by atoms with E-state index >= 15 is 0 Å². The lowest BCUT2D eigenvalue weighted by Crippen LogP contribution is -2.15. The summed E-state index contributed by atoms with van der Waals surface area (Å²) < 4.78 is 5.15. The highest BCUT2D eigenvalue weighted by molar-refractivity contribution is 6.29. The van der Waals surface area contributed by atoms with Crippen molar-refractivity contribution in [3.8, 4) is 0 Å². The van der Waals surface area contributed by atoms with E-state index in [0.29, 0.717) is 17.3 Å². The molecule has 1 aliphatic carbocycles. The number of pyridine rings is 1. The van der Waals surface area contributed by atoms with Crippen molar-refractivity contribution in [1.29, 1.82) is 0 Å². The Morgan fingerprint density at radius 3 is 2.88 bits per heavy atom. The van der Waals surface area contributed by atoms with Gasteiger partial charge in [-0.1, -0.05) is 30.9 Å². The van der Waals surface area contributed by atoms with Gasteiger partial charge < -0.3 is 4.74 Å².